The van der Waals surface area contributed by atoms with Gasteiger partial charge in [-0.05, 0) is 24.6 Å². The lowest BCUT2D eigenvalue weighted by molar-refractivity contribution is -0.111. The van der Waals surface area contributed by atoms with Crippen LogP contribution in [0.3, 0.4) is 0 Å². The highest BCUT2D eigenvalue weighted by Crippen LogP contribution is 2.25. The quantitative estimate of drug-likeness (QED) is 0.748. The number of hydrogen-bond acceptors (Lipinski definition) is 2. The third-order valence-electron chi connectivity index (χ3n) is 2.55. The normalized spacial score (nSPS) is 14.7. The maximum Gasteiger partial charge on any atom is 0.174 e. The van der Waals surface area contributed by atoms with Crippen molar-refractivity contribution >= 4 is 17.2 Å². The van der Waals surface area contributed by atoms with E-state index in [1.807, 2.05) is 13.0 Å². The molecule has 2 rings (SSSR count). The first-order valence-corrected chi connectivity index (χ1v) is 5.13. The van der Waals surface area contributed by atoms with Gasteiger partial charge in [-0.3, -0.25) is 4.79 Å². The van der Waals surface area contributed by atoms with E-state index in [0.29, 0.717) is 23.4 Å². The van der Waals surface area contributed by atoms with E-state index < -0.39 is 0 Å². The number of Topliss-reactive ketones (excluding diaryl/α,β-unsaturated/α-hetero) is 1. The summed E-state index contributed by atoms with van der Waals surface area (Å²) in [7, 11) is 0. The number of aryl methyl sites for hydroxylation is 1. The molecule has 0 bridgehead atoms. The van der Waals surface area contributed by atoms with E-state index in [2.05, 4.69) is 4.99 Å². The summed E-state index contributed by atoms with van der Waals surface area (Å²) in [6.07, 6.45) is 2.28. The maximum absolute atomic E-state index is 13.6. The zero-order valence-electron chi connectivity index (χ0n) is 9.25. The molecule has 2 nitrogen and oxygen atoms in total. The molecule has 1 aromatic carbocycles. The van der Waals surface area contributed by atoms with Crippen LogP contribution in [-0.4, -0.2) is 11.5 Å². The number of benzene rings is 1. The molecule has 0 aromatic heterocycles. The van der Waals surface area contributed by atoms with Crippen LogP contribution in [-0.2, 0) is 4.79 Å². The Hall–Kier alpha value is -1.77. The molecule has 1 aromatic rings. The maximum atomic E-state index is 13.6. The minimum atomic E-state index is -0.292. The second-order valence-electron chi connectivity index (χ2n) is 3.89. The van der Waals surface area contributed by atoms with Crippen LogP contribution in [0.2, 0.25) is 0 Å². The summed E-state index contributed by atoms with van der Waals surface area (Å²) >= 11 is 0. The van der Waals surface area contributed by atoms with Crippen molar-refractivity contribution in [2.75, 3.05) is 0 Å². The van der Waals surface area contributed by atoms with Gasteiger partial charge in [0.1, 0.15) is 5.82 Å². The van der Waals surface area contributed by atoms with Crippen LogP contribution in [0.4, 0.5) is 4.39 Å². The molecule has 0 radical (unpaired) electrons. The molecule has 0 saturated heterocycles. The number of rotatable bonds is 2. The fourth-order valence-corrected chi connectivity index (χ4v) is 1.65. The molecule has 82 valence electrons. The number of hydrogen-bond donors (Lipinski definition) is 0. The Kier molecular flexibility index (Phi) is 2.69. The van der Waals surface area contributed by atoms with Gasteiger partial charge in [0.2, 0.25) is 0 Å². The van der Waals surface area contributed by atoms with Crippen molar-refractivity contribution in [1.29, 1.82) is 0 Å². The monoisotopic (exact) mass is 217 g/mol. The Bertz CT molecular complexity index is 515. The first kappa shape index (κ1) is 10.7. The standard InChI is InChI=1S/C13H12FNO/c1-8-3-4-10(11(14)7-8)13-6-5-12(15-13)9(2)16/h3-4,6-7H,5H2,1-2H3. The van der Waals surface area contributed by atoms with Gasteiger partial charge >= 0.3 is 0 Å². The first-order chi connectivity index (χ1) is 7.58. The van der Waals surface area contributed by atoms with Crippen LogP contribution in [0, 0.1) is 12.7 Å². The van der Waals surface area contributed by atoms with Crippen molar-refractivity contribution in [3.8, 4) is 0 Å². The number of carbonyl (C=O) groups excluding carboxylic acids is 1. The summed E-state index contributed by atoms with van der Waals surface area (Å²) in [6, 6.07) is 5.00. The van der Waals surface area contributed by atoms with Crippen molar-refractivity contribution in [3.05, 3.63) is 41.2 Å². The third kappa shape index (κ3) is 1.94. The van der Waals surface area contributed by atoms with E-state index in [1.165, 1.54) is 13.0 Å². The fourth-order valence-electron chi connectivity index (χ4n) is 1.65. The van der Waals surface area contributed by atoms with Gasteiger partial charge in [0.05, 0.1) is 11.4 Å². The van der Waals surface area contributed by atoms with Crippen molar-refractivity contribution in [2.45, 2.75) is 20.3 Å². The molecule has 0 aliphatic carbocycles. The average molecular weight is 217 g/mol. The summed E-state index contributed by atoms with van der Waals surface area (Å²) < 4.78 is 13.6. The molecule has 16 heavy (non-hydrogen) atoms. The van der Waals surface area contributed by atoms with E-state index in [-0.39, 0.29) is 11.6 Å². The molecule has 0 N–H and O–H groups in total. The average Bonchev–Trinajstić information content (AvgIpc) is 2.66. The molecule has 1 aliphatic heterocycles. The highest BCUT2D eigenvalue weighted by molar-refractivity contribution is 6.41. The summed E-state index contributed by atoms with van der Waals surface area (Å²) in [5.41, 5.74) is 2.38. The molecule has 0 fully saturated rings. The minimum absolute atomic E-state index is 0.0567. The highest BCUT2D eigenvalue weighted by atomic mass is 19.1. The molecule has 3 heteroatoms. The van der Waals surface area contributed by atoms with Crippen LogP contribution in [0.15, 0.2) is 29.3 Å². The Morgan fingerprint density at radius 2 is 2.19 bits per heavy atom. The van der Waals surface area contributed by atoms with Crippen LogP contribution in [0.5, 0.6) is 0 Å². The van der Waals surface area contributed by atoms with Crippen molar-refractivity contribution in [2.24, 2.45) is 4.99 Å². The van der Waals surface area contributed by atoms with Crippen LogP contribution in [0.1, 0.15) is 24.5 Å². The lowest BCUT2D eigenvalue weighted by atomic mass is 10.1. The number of aliphatic imine (C=N–C) groups is 1. The van der Waals surface area contributed by atoms with Crippen LogP contribution in [0.25, 0.3) is 5.70 Å². The SMILES string of the molecule is CC(=O)C1=NC(c2ccc(C)cc2F)=CC1. The van der Waals surface area contributed by atoms with Gasteiger partial charge in [0, 0.05) is 18.9 Å². The van der Waals surface area contributed by atoms with E-state index >= 15 is 0 Å². The molecule has 1 aliphatic rings. The topological polar surface area (TPSA) is 29.4 Å². The van der Waals surface area contributed by atoms with Gasteiger partial charge in [-0.1, -0.05) is 12.1 Å². The van der Waals surface area contributed by atoms with Gasteiger partial charge in [0.25, 0.3) is 0 Å². The lowest BCUT2D eigenvalue weighted by Crippen LogP contribution is -2.05. The smallest absolute Gasteiger partial charge is 0.174 e. The van der Waals surface area contributed by atoms with E-state index in [9.17, 15) is 9.18 Å². The molecular weight excluding hydrogens is 205 g/mol. The predicted octanol–water partition coefficient (Wildman–Crippen LogP) is 2.91. The zero-order chi connectivity index (χ0) is 11.7. The number of halogens is 1. The van der Waals surface area contributed by atoms with Crippen molar-refractivity contribution in [1.82, 2.24) is 0 Å². The molecule has 0 amide bonds. The van der Waals surface area contributed by atoms with Gasteiger partial charge < -0.3 is 0 Å². The van der Waals surface area contributed by atoms with Crippen molar-refractivity contribution < 1.29 is 9.18 Å². The second-order valence-corrected chi connectivity index (χ2v) is 3.89. The zero-order valence-corrected chi connectivity index (χ0v) is 9.25. The van der Waals surface area contributed by atoms with E-state index in [0.717, 1.165) is 5.56 Å². The van der Waals surface area contributed by atoms with Gasteiger partial charge in [-0.2, -0.15) is 0 Å². The summed E-state index contributed by atoms with van der Waals surface area (Å²) in [5, 5.41) is 0. The molecule has 0 unspecified atom stereocenters. The van der Waals surface area contributed by atoms with Gasteiger partial charge in [0.15, 0.2) is 5.78 Å². The largest absolute Gasteiger partial charge is 0.293 e. The number of ketones is 1. The molecule has 0 atom stereocenters. The Balaban J connectivity index is 2.37. The second kappa shape index (κ2) is 4.00. The molecule has 1 heterocycles. The Morgan fingerprint density at radius 1 is 1.44 bits per heavy atom. The van der Waals surface area contributed by atoms with Gasteiger partial charge in [-0.25, -0.2) is 9.38 Å². The highest BCUT2D eigenvalue weighted by Gasteiger charge is 2.16. The van der Waals surface area contributed by atoms with Crippen molar-refractivity contribution in [3.63, 3.8) is 0 Å². The summed E-state index contributed by atoms with van der Waals surface area (Å²) in [5.74, 6) is -0.349. The van der Waals surface area contributed by atoms with Gasteiger partial charge in [-0.15, -0.1) is 0 Å². The van der Waals surface area contributed by atoms with E-state index in [4.69, 9.17) is 0 Å². The minimum Gasteiger partial charge on any atom is -0.293 e. The van der Waals surface area contributed by atoms with Crippen LogP contribution < -0.4 is 0 Å². The third-order valence-corrected chi connectivity index (χ3v) is 2.55. The van der Waals surface area contributed by atoms with E-state index in [1.54, 1.807) is 12.1 Å². The number of carbonyl (C=O) groups is 1. The first-order valence-electron chi connectivity index (χ1n) is 5.13. The fraction of sp³-hybridized carbons (Fsp3) is 0.231. The number of nitrogens with zero attached hydrogens (tertiary/aromatic N) is 1. The Morgan fingerprint density at radius 3 is 2.75 bits per heavy atom. The lowest BCUT2D eigenvalue weighted by Gasteiger charge is -2.02. The molecular formula is C13H12FNO. The van der Waals surface area contributed by atoms with Crippen LogP contribution >= 0.6 is 0 Å². The summed E-state index contributed by atoms with van der Waals surface area (Å²) in [4.78, 5) is 15.2. The molecule has 0 saturated carbocycles. The predicted molar refractivity (Wildman–Crippen MR) is 61.8 cm³/mol. The Labute approximate surface area is 93.5 Å². The number of allylic oxidation sites excluding steroid dienone is 1. The summed E-state index contributed by atoms with van der Waals surface area (Å²) in [6.45, 7) is 3.31. The molecule has 0 spiro atoms.